The monoisotopic (exact) mass is 428 g/mol. The van der Waals surface area contributed by atoms with Gasteiger partial charge < -0.3 is 4.74 Å². The molecular formula is C18H25BrN2O3S. The lowest BCUT2D eigenvalue weighted by Gasteiger charge is -2.51. The van der Waals surface area contributed by atoms with Crippen LogP contribution in [0.4, 0.5) is 0 Å². The predicted molar refractivity (Wildman–Crippen MR) is 101 cm³/mol. The Morgan fingerprint density at radius 2 is 2.08 bits per heavy atom. The lowest BCUT2D eigenvalue weighted by atomic mass is 9.77. The van der Waals surface area contributed by atoms with Crippen molar-refractivity contribution in [3.8, 4) is 5.75 Å². The molecule has 0 saturated carbocycles. The smallest absolute Gasteiger partial charge is 0.211 e. The largest absolute Gasteiger partial charge is 0.496 e. The molecule has 138 valence electrons. The van der Waals surface area contributed by atoms with Gasteiger partial charge in [-0.15, -0.1) is 0 Å². The van der Waals surface area contributed by atoms with E-state index in [9.17, 15) is 8.42 Å². The van der Waals surface area contributed by atoms with Gasteiger partial charge in [0.15, 0.2) is 0 Å². The summed E-state index contributed by atoms with van der Waals surface area (Å²) in [5.74, 6) is 1.33. The summed E-state index contributed by atoms with van der Waals surface area (Å²) in [6.45, 7) is 2.71. The number of nitrogens with zero attached hydrogens (tertiary/aromatic N) is 2. The molecule has 3 heterocycles. The molecule has 0 amide bonds. The summed E-state index contributed by atoms with van der Waals surface area (Å²) in [6.07, 6.45) is 5.38. The number of hydrogen-bond donors (Lipinski definition) is 0. The Labute approximate surface area is 158 Å². The fraction of sp³-hybridized carbons (Fsp3) is 0.667. The van der Waals surface area contributed by atoms with Crippen LogP contribution in [0.3, 0.4) is 0 Å². The molecule has 0 aromatic heterocycles. The molecule has 0 unspecified atom stereocenters. The molecule has 7 heteroatoms. The molecule has 3 aliphatic rings. The number of hydrogen-bond acceptors (Lipinski definition) is 4. The normalized spacial score (nSPS) is 30.3. The van der Waals surface area contributed by atoms with E-state index in [1.165, 1.54) is 17.4 Å². The Bertz CT molecular complexity index is 783. The third-order valence-electron chi connectivity index (χ3n) is 6.14. The summed E-state index contributed by atoms with van der Waals surface area (Å²) in [4.78, 5) is 2.56. The number of benzene rings is 1. The fourth-order valence-corrected chi connectivity index (χ4v) is 6.94. The number of sulfonamides is 1. The zero-order valence-corrected chi connectivity index (χ0v) is 17.1. The molecule has 2 saturated heterocycles. The zero-order valence-electron chi connectivity index (χ0n) is 14.7. The predicted octanol–water partition coefficient (Wildman–Crippen LogP) is 2.80. The average Bonchev–Trinajstić information content (AvgIpc) is 2.59. The topological polar surface area (TPSA) is 49.9 Å². The molecule has 0 radical (unpaired) electrons. The summed E-state index contributed by atoms with van der Waals surface area (Å²) in [5, 5.41) is 0. The molecule has 3 aliphatic heterocycles. The van der Waals surface area contributed by atoms with Gasteiger partial charge in [0.25, 0.3) is 0 Å². The number of fused-ring (bicyclic) bond motifs is 4. The first kappa shape index (κ1) is 17.8. The van der Waals surface area contributed by atoms with Crippen molar-refractivity contribution in [3.05, 3.63) is 27.7 Å². The highest BCUT2D eigenvalue weighted by atomic mass is 79.9. The van der Waals surface area contributed by atoms with E-state index >= 15 is 0 Å². The van der Waals surface area contributed by atoms with Gasteiger partial charge in [0.1, 0.15) is 5.75 Å². The maximum absolute atomic E-state index is 12.3. The first-order valence-corrected chi connectivity index (χ1v) is 11.6. The molecule has 0 aliphatic carbocycles. The van der Waals surface area contributed by atoms with Gasteiger partial charge >= 0.3 is 0 Å². The fourth-order valence-electron chi connectivity index (χ4n) is 5.01. The van der Waals surface area contributed by atoms with Crippen molar-refractivity contribution < 1.29 is 13.2 Å². The van der Waals surface area contributed by atoms with Crippen LogP contribution < -0.4 is 4.74 Å². The third kappa shape index (κ3) is 3.03. The number of rotatable bonds is 2. The Morgan fingerprint density at radius 1 is 1.28 bits per heavy atom. The number of piperidine rings is 2. The van der Waals surface area contributed by atoms with Crippen LogP contribution in [-0.4, -0.2) is 56.7 Å². The Kier molecular flexibility index (Phi) is 4.63. The third-order valence-corrected chi connectivity index (χ3v) is 8.31. The minimum Gasteiger partial charge on any atom is -0.496 e. The van der Waals surface area contributed by atoms with Crippen LogP contribution in [0.15, 0.2) is 16.6 Å². The van der Waals surface area contributed by atoms with E-state index in [2.05, 4.69) is 26.9 Å². The van der Waals surface area contributed by atoms with E-state index < -0.39 is 10.0 Å². The summed E-state index contributed by atoms with van der Waals surface area (Å²) in [6, 6.07) is 4.63. The van der Waals surface area contributed by atoms with E-state index in [0.29, 0.717) is 18.5 Å². The van der Waals surface area contributed by atoms with E-state index in [0.717, 1.165) is 49.0 Å². The highest BCUT2D eigenvalue weighted by Gasteiger charge is 2.45. The Hall–Kier alpha value is -0.630. The molecule has 5 nitrogen and oxygen atoms in total. The Balaban J connectivity index is 1.69. The van der Waals surface area contributed by atoms with Crippen molar-refractivity contribution in [2.45, 2.75) is 37.8 Å². The van der Waals surface area contributed by atoms with Crippen molar-refractivity contribution in [3.63, 3.8) is 0 Å². The van der Waals surface area contributed by atoms with E-state index in [1.54, 1.807) is 11.4 Å². The minimum atomic E-state index is -3.14. The quantitative estimate of drug-likeness (QED) is 0.726. The molecule has 0 bridgehead atoms. The van der Waals surface area contributed by atoms with Crippen LogP contribution in [0.5, 0.6) is 5.75 Å². The number of ether oxygens (including phenoxy) is 1. The van der Waals surface area contributed by atoms with Gasteiger partial charge in [-0.3, -0.25) is 4.90 Å². The van der Waals surface area contributed by atoms with Gasteiger partial charge in [0.05, 0.1) is 17.8 Å². The van der Waals surface area contributed by atoms with E-state index in [1.807, 2.05) is 6.07 Å². The second kappa shape index (κ2) is 6.51. The average molecular weight is 429 g/mol. The summed E-state index contributed by atoms with van der Waals surface area (Å²) >= 11 is 3.71. The first-order chi connectivity index (χ1) is 11.9. The van der Waals surface area contributed by atoms with Crippen LogP contribution in [0, 0.1) is 5.92 Å². The van der Waals surface area contributed by atoms with Gasteiger partial charge in [0.2, 0.25) is 10.0 Å². The van der Waals surface area contributed by atoms with E-state index in [4.69, 9.17) is 4.74 Å². The lowest BCUT2D eigenvalue weighted by Crippen LogP contribution is -2.57. The van der Waals surface area contributed by atoms with Crippen LogP contribution in [0.2, 0.25) is 0 Å². The second-order valence-corrected chi connectivity index (χ2v) is 10.2. The SMILES string of the molecule is COc1ccc2c(c1Br)CCN1C[C@H]3CCCN(S(C)(=O)=O)[C@H]3C[C@@H]21. The zero-order chi connectivity index (χ0) is 17.8. The van der Waals surface area contributed by atoms with Gasteiger partial charge in [0, 0.05) is 31.7 Å². The standard InChI is InChI=1S/C18H25BrN2O3S/c1-24-17-6-5-13-14(18(17)19)7-9-20-11-12-4-3-8-21(25(2,22)23)15(12)10-16(13)20/h5-6,12,15-16H,3-4,7-11H2,1-2H3/t12-,15+,16+/m1/s1. The lowest BCUT2D eigenvalue weighted by molar-refractivity contribution is 0.0221. The van der Waals surface area contributed by atoms with Crippen molar-refractivity contribution in [2.24, 2.45) is 5.92 Å². The van der Waals surface area contributed by atoms with Crippen molar-refractivity contribution in [1.82, 2.24) is 9.21 Å². The molecule has 4 rings (SSSR count). The number of methoxy groups -OCH3 is 1. The highest BCUT2D eigenvalue weighted by Crippen LogP contribution is 2.46. The maximum Gasteiger partial charge on any atom is 0.211 e. The molecule has 1 aromatic rings. The van der Waals surface area contributed by atoms with Crippen LogP contribution >= 0.6 is 15.9 Å². The molecule has 25 heavy (non-hydrogen) atoms. The van der Waals surface area contributed by atoms with Crippen LogP contribution in [-0.2, 0) is 16.4 Å². The van der Waals surface area contributed by atoms with Gasteiger partial charge in [-0.05, 0) is 64.7 Å². The van der Waals surface area contributed by atoms with Gasteiger partial charge in [-0.25, -0.2) is 8.42 Å². The van der Waals surface area contributed by atoms with Crippen molar-refractivity contribution in [2.75, 3.05) is 33.0 Å². The van der Waals surface area contributed by atoms with Crippen molar-refractivity contribution >= 4 is 26.0 Å². The second-order valence-electron chi connectivity index (χ2n) is 7.49. The van der Waals surface area contributed by atoms with E-state index in [-0.39, 0.29) is 6.04 Å². The molecular weight excluding hydrogens is 404 g/mol. The summed E-state index contributed by atoms with van der Waals surface area (Å²) in [7, 11) is -1.45. The Morgan fingerprint density at radius 3 is 2.80 bits per heavy atom. The van der Waals surface area contributed by atoms with Crippen molar-refractivity contribution in [1.29, 1.82) is 0 Å². The molecule has 1 aromatic carbocycles. The molecule has 3 atom stereocenters. The summed E-state index contributed by atoms with van der Waals surface area (Å²) in [5.41, 5.74) is 2.65. The minimum absolute atomic E-state index is 0.136. The van der Waals surface area contributed by atoms with Crippen LogP contribution in [0.1, 0.15) is 36.4 Å². The highest BCUT2D eigenvalue weighted by molar-refractivity contribution is 9.10. The number of halogens is 1. The van der Waals surface area contributed by atoms with Gasteiger partial charge in [-0.1, -0.05) is 6.07 Å². The van der Waals surface area contributed by atoms with Gasteiger partial charge in [-0.2, -0.15) is 4.31 Å². The molecule has 2 fully saturated rings. The first-order valence-electron chi connectivity index (χ1n) is 8.96. The van der Waals surface area contributed by atoms with Crippen LogP contribution in [0.25, 0.3) is 0 Å². The molecule has 0 spiro atoms. The molecule has 0 N–H and O–H groups in total. The summed E-state index contributed by atoms with van der Waals surface area (Å²) < 4.78 is 32.8. The maximum atomic E-state index is 12.3.